The summed E-state index contributed by atoms with van der Waals surface area (Å²) in [5.74, 6) is 0. The SMILES string of the molecule is CC(C)=NCCC(C)(C)n1cc(C)nn1. The Morgan fingerprint density at radius 1 is 1.47 bits per heavy atom. The van der Waals surface area contributed by atoms with Crippen molar-refractivity contribution in [1.29, 1.82) is 0 Å². The molecule has 0 aromatic carbocycles. The first-order chi connectivity index (χ1) is 6.92. The summed E-state index contributed by atoms with van der Waals surface area (Å²) in [6, 6.07) is 0. The van der Waals surface area contributed by atoms with E-state index in [0.29, 0.717) is 0 Å². The lowest BCUT2D eigenvalue weighted by atomic mass is 10.0. The fourth-order valence-electron chi connectivity index (χ4n) is 1.31. The zero-order valence-corrected chi connectivity index (χ0v) is 10.3. The van der Waals surface area contributed by atoms with E-state index in [-0.39, 0.29) is 5.54 Å². The maximum atomic E-state index is 4.40. The summed E-state index contributed by atoms with van der Waals surface area (Å²) in [4.78, 5) is 4.40. The Morgan fingerprint density at radius 2 is 2.13 bits per heavy atom. The fourth-order valence-corrected chi connectivity index (χ4v) is 1.31. The number of hydrogen-bond acceptors (Lipinski definition) is 3. The van der Waals surface area contributed by atoms with Crippen LogP contribution in [-0.2, 0) is 5.54 Å². The van der Waals surface area contributed by atoms with Crippen molar-refractivity contribution >= 4 is 5.71 Å². The van der Waals surface area contributed by atoms with E-state index < -0.39 is 0 Å². The first-order valence-electron chi connectivity index (χ1n) is 5.29. The van der Waals surface area contributed by atoms with E-state index in [0.717, 1.165) is 24.4 Å². The minimum absolute atomic E-state index is 0.0137. The Hall–Kier alpha value is -1.19. The van der Waals surface area contributed by atoms with Crippen LogP contribution in [0, 0.1) is 6.92 Å². The lowest BCUT2D eigenvalue weighted by Gasteiger charge is -2.23. The van der Waals surface area contributed by atoms with E-state index in [1.165, 1.54) is 0 Å². The molecule has 0 amide bonds. The predicted molar refractivity (Wildman–Crippen MR) is 62.3 cm³/mol. The summed E-state index contributed by atoms with van der Waals surface area (Å²) >= 11 is 0. The van der Waals surface area contributed by atoms with Gasteiger partial charge < -0.3 is 0 Å². The molecule has 15 heavy (non-hydrogen) atoms. The van der Waals surface area contributed by atoms with Crippen LogP contribution in [0.25, 0.3) is 0 Å². The number of nitrogens with zero attached hydrogens (tertiary/aromatic N) is 4. The van der Waals surface area contributed by atoms with Gasteiger partial charge in [0.15, 0.2) is 0 Å². The Labute approximate surface area is 91.4 Å². The third kappa shape index (κ3) is 3.46. The van der Waals surface area contributed by atoms with Crippen LogP contribution in [0.5, 0.6) is 0 Å². The molecule has 1 heterocycles. The molecule has 0 aliphatic rings. The van der Waals surface area contributed by atoms with Gasteiger partial charge in [-0.2, -0.15) is 0 Å². The van der Waals surface area contributed by atoms with E-state index in [4.69, 9.17) is 0 Å². The topological polar surface area (TPSA) is 43.1 Å². The average molecular weight is 208 g/mol. The van der Waals surface area contributed by atoms with Crippen LogP contribution in [0.3, 0.4) is 0 Å². The van der Waals surface area contributed by atoms with Crippen molar-refractivity contribution in [3.8, 4) is 0 Å². The molecule has 0 spiro atoms. The summed E-state index contributed by atoms with van der Waals surface area (Å²) in [5, 5.41) is 8.11. The summed E-state index contributed by atoms with van der Waals surface area (Å²) < 4.78 is 1.92. The van der Waals surface area contributed by atoms with E-state index in [2.05, 4.69) is 29.2 Å². The summed E-state index contributed by atoms with van der Waals surface area (Å²) in [7, 11) is 0. The van der Waals surface area contributed by atoms with Gasteiger partial charge in [0.2, 0.25) is 0 Å². The quantitative estimate of drug-likeness (QED) is 0.712. The highest BCUT2D eigenvalue weighted by Crippen LogP contribution is 2.18. The van der Waals surface area contributed by atoms with Crippen molar-refractivity contribution in [2.75, 3.05) is 6.54 Å². The summed E-state index contributed by atoms with van der Waals surface area (Å²) in [5.41, 5.74) is 2.07. The molecular weight excluding hydrogens is 188 g/mol. The van der Waals surface area contributed by atoms with Crippen molar-refractivity contribution in [1.82, 2.24) is 15.0 Å². The molecule has 0 atom stereocenters. The van der Waals surface area contributed by atoms with Crippen molar-refractivity contribution < 1.29 is 0 Å². The van der Waals surface area contributed by atoms with Gasteiger partial charge in [-0.05, 0) is 41.0 Å². The smallest absolute Gasteiger partial charge is 0.0796 e. The lowest BCUT2D eigenvalue weighted by molar-refractivity contribution is 0.294. The van der Waals surface area contributed by atoms with Crippen molar-refractivity contribution in [3.05, 3.63) is 11.9 Å². The molecule has 0 N–H and O–H groups in total. The second-order valence-corrected chi connectivity index (χ2v) is 4.70. The third-order valence-electron chi connectivity index (χ3n) is 2.38. The maximum absolute atomic E-state index is 4.40. The summed E-state index contributed by atoms with van der Waals surface area (Å²) in [6.07, 6.45) is 2.95. The van der Waals surface area contributed by atoms with Crippen LogP contribution in [-0.4, -0.2) is 27.3 Å². The number of aliphatic imine (C=N–C) groups is 1. The molecule has 0 fully saturated rings. The zero-order valence-electron chi connectivity index (χ0n) is 10.3. The van der Waals surface area contributed by atoms with Crippen LogP contribution >= 0.6 is 0 Å². The molecule has 0 aliphatic carbocycles. The minimum Gasteiger partial charge on any atom is -0.295 e. The molecule has 84 valence electrons. The molecule has 0 bridgehead atoms. The van der Waals surface area contributed by atoms with Crippen LogP contribution < -0.4 is 0 Å². The van der Waals surface area contributed by atoms with Gasteiger partial charge in [0.25, 0.3) is 0 Å². The predicted octanol–water partition coefficient (Wildman–Crippen LogP) is 2.19. The van der Waals surface area contributed by atoms with E-state index in [1.807, 2.05) is 31.6 Å². The largest absolute Gasteiger partial charge is 0.295 e. The maximum Gasteiger partial charge on any atom is 0.0796 e. The molecule has 0 aliphatic heterocycles. The van der Waals surface area contributed by atoms with E-state index in [1.54, 1.807) is 0 Å². The monoisotopic (exact) mass is 208 g/mol. The van der Waals surface area contributed by atoms with Gasteiger partial charge in [0, 0.05) is 18.5 Å². The van der Waals surface area contributed by atoms with E-state index in [9.17, 15) is 0 Å². The highest BCUT2D eigenvalue weighted by atomic mass is 15.4. The Bertz CT molecular complexity index is 345. The Morgan fingerprint density at radius 3 is 2.60 bits per heavy atom. The number of aryl methyl sites for hydroxylation is 1. The molecule has 0 saturated heterocycles. The first-order valence-corrected chi connectivity index (χ1v) is 5.29. The minimum atomic E-state index is -0.0137. The molecule has 4 heteroatoms. The highest BCUT2D eigenvalue weighted by molar-refractivity contribution is 5.78. The van der Waals surface area contributed by atoms with Crippen molar-refractivity contribution in [2.24, 2.45) is 4.99 Å². The van der Waals surface area contributed by atoms with Gasteiger partial charge in [0.1, 0.15) is 0 Å². The Balaban J connectivity index is 2.63. The molecule has 1 rings (SSSR count). The second kappa shape index (κ2) is 4.55. The van der Waals surface area contributed by atoms with Crippen molar-refractivity contribution in [3.63, 3.8) is 0 Å². The van der Waals surface area contributed by atoms with Gasteiger partial charge in [0.05, 0.1) is 11.2 Å². The molecule has 4 nitrogen and oxygen atoms in total. The van der Waals surface area contributed by atoms with Crippen LogP contribution in [0.2, 0.25) is 0 Å². The average Bonchev–Trinajstić information content (AvgIpc) is 2.51. The molecular formula is C11H20N4. The van der Waals surface area contributed by atoms with Crippen molar-refractivity contribution in [2.45, 2.75) is 46.6 Å². The second-order valence-electron chi connectivity index (χ2n) is 4.70. The van der Waals surface area contributed by atoms with Gasteiger partial charge >= 0.3 is 0 Å². The van der Waals surface area contributed by atoms with Crippen LogP contribution in [0.4, 0.5) is 0 Å². The first kappa shape index (κ1) is 11.9. The molecule has 0 saturated carbocycles. The molecule has 1 aromatic heterocycles. The number of rotatable bonds is 4. The number of hydrogen-bond donors (Lipinski definition) is 0. The fraction of sp³-hybridized carbons (Fsp3) is 0.727. The third-order valence-corrected chi connectivity index (χ3v) is 2.38. The summed E-state index contributed by atoms with van der Waals surface area (Å²) in [6.45, 7) is 11.1. The van der Waals surface area contributed by atoms with Gasteiger partial charge in [-0.1, -0.05) is 5.21 Å². The normalized spacial score (nSPS) is 11.5. The number of aromatic nitrogens is 3. The Kier molecular flexibility index (Phi) is 3.61. The molecule has 0 unspecified atom stereocenters. The zero-order chi connectivity index (χ0) is 11.5. The highest BCUT2D eigenvalue weighted by Gasteiger charge is 2.20. The van der Waals surface area contributed by atoms with Crippen LogP contribution in [0.15, 0.2) is 11.2 Å². The van der Waals surface area contributed by atoms with Gasteiger partial charge in [-0.15, -0.1) is 5.10 Å². The molecule has 1 aromatic rings. The molecule has 0 radical (unpaired) electrons. The lowest BCUT2D eigenvalue weighted by Crippen LogP contribution is -2.28. The van der Waals surface area contributed by atoms with Crippen LogP contribution in [0.1, 0.15) is 39.8 Å². The van der Waals surface area contributed by atoms with E-state index >= 15 is 0 Å². The van der Waals surface area contributed by atoms with Gasteiger partial charge in [-0.25, -0.2) is 4.68 Å². The standard InChI is InChI=1S/C11H20N4/c1-9(2)12-7-6-11(4,5)15-8-10(3)13-14-15/h8H,6-7H2,1-5H3. The van der Waals surface area contributed by atoms with Gasteiger partial charge in [-0.3, -0.25) is 4.99 Å².